The summed E-state index contributed by atoms with van der Waals surface area (Å²) in [6, 6.07) is 0. The van der Waals surface area contributed by atoms with Gasteiger partial charge in [-0.05, 0) is 29.9 Å². The lowest BCUT2D eigenvalue weighted by Crippen LogP contribution is -2.57. The van der Waals surface area contributed by atoms with E-state index in [0.29, 0.717) is 18.3 Å². The molecule has 0 spiro atoms. The second-order valence-electron chi connectivity index (χ2n) is 6.94. The molecule has 1 aromatic rings. The van der Waals surface area contributed by atoms with Crippen molar-refractivity contribution in [2.45, 2.75) is 46.5 Å². The molecule has 0 aromatic heterocycles. The smallest absolute Gasteiger partial charge is 0.106 e. The summed E-state index contributed by atoms with van der Waals surface area (Å²) in [6.45, 7) is 12.4. The second kappa shape index (κ2) is 7.10. The molecule has 0 radical (unpaired) electrons. The first-order valence-electron chi connectivity index (χ1n) is 8.43. The molecule has 0 saturated heterocycles. The van der Waals surface area contributed by atoms with Crippen LogP contribution < -0.4 is 16.4 Å². The lowest BCUT2D eigenvalue weighted by molar-refractivity contribution is 0.790. The van der Waals surface area contributed by atoms with Gasteiger partial charge in [0.15, 0.2) is 0 Å². The zero-order valence-corrected chi connectivity index (χ0v) is 15.1. The maximum atomic E-state index is 2.39. The van der Waals surface area contributed by atoms with Gasteiger partial charge >= 0.3 is 0 Å². The number of benzene rings is 1. The summed E-state index contributed by atoms with van der Waals surface area (Å²) in [5, 5.41) is 0. The van der Waals surface area contributed by atoms with Crippen LogP contribution in [0.2, 0.25) is 0 Å². The van der Waals surface area contributed by atoms with Crippen molar-refractivity contribution in [3.63, 3.8) is 0 Å². The van der Waals surface area contributed by atoms with E-state index in [1.807, 2.05) is 0 Å². The Morgan fingerprint density at radius 1 is 1.00 bits per heavy atom. The normalized spacial score (nSPS) is 10.9. The van der Waals surface area contributed by atoms with Gasteiger partial charge in [0.25, 0.3) is 0 Å². The van der Waals surface area contributed by atoms with Crippen molar-refractivity contribution in [3.8, 4) is 0 Å². The minimum absolute atomic E-state index is 0.611. The van der Waals surface area contributed by atoms with Crippen molar-refractivity contribution in [1.82, 2.24) is 0 Å². The van der Waals surface area contributed by atoms with Crippen LogP contribution in [-0.4, -0.2) is 51.8 Å². The molecule has 0 N–H and O–H groups in total. The highest BCUT2D eigenvalue weighted by atomic mass is 14.2. The molecule has 0 saturated carbocycles. The van der Waals surface area contributed by atoms with E-state index < -0.39 is 0 Å². The molecule has 0 fully saturated rings. The average Bonchev–Trinajstić information content (AvgIpc) is 2.38. The Hall–Kier alpha value is -0.325. The third-order valence-electron chi connectivity index (χ3n) is 4.89. The first kappa shape index (κ1) is 17.7. The Kier molecular flexibility index (Phi) is 6.29. The quantitative estimate of drug-likeness (QED) is 0.480. The first-order chi connectivity index (χ1) is 9.27. The van der Waals surface area contributed by atoms with Crippen molar-refractivity contribution in [2.24, 2.45) is 0 Å². The Labute approximate surface area is 131 Å². The number of rotatable bonds is 5. The third-order valence-corrected chi connectivity index (χ3v) is 4.89. The topological polar surface area (TPSA) is 0 Å². The summed E-state index contributed by atoms with van der Waals surface area (Å²) in [5.74, 6) is 1.22. The van der Waals surface area contributed by atoms with Gasteiger partial charge < -0.3 is 0 Å². The second-order valence-corrected chi connectivity index (χ2v) is 6.94. The molecular weight excluding hydrogens is 232 g/mol. The van der Waals surface area contributed by atoms with E-state index in [2.05, 4.69) is 65.7 Å². The molecule has 100 valence electrons. The number of hydrogen-bond donors (Lipinski definition) is 0. The highest BCUT2D eigenvalue weighted by molar-refractivity contribution is 7.51. The van der Waals surface area contributed by atoms with Crippen LogP contribution in [0.1, 0.15) is 56.2 Å². The van der Waals surface area contributed by atoms with Gasteiger partial charge in [0.1, 0.15) is 15.0 Å². The van der Waals surface area contributed by atoms with Gasteiger partial charge in [-0.2, -0.15) is 0 Å². The SMILES string of the molecule is BBB(B)c1c(C)c(C(C)C)c(C(C)C)c(B)c1BB. The Bertz CT molecular complexity index is 482. The molecule has 1 aromatic carbocycles. The van der Waals surface area contributed by atoms with E-state index in [1.165, 1.54) is 7.06 Å². The predicted octanol–water partition coefficient (Wildman–Crippen LogP) is -3.58. The Morgan fingerprint density at radius 3 is 1.85 bits per heavy atom. The van der Waals surface area contributed by atoms with Gasteiger partial charge in [-0.15, -0.1) is 10.9 Å². The van der Waals surface area contributed by atoms with Crippen LogP contribution in [-0.2, 0) is 0 Å². The highest BCUT2D eigenvalue weighted by Gasteiger charge is 2.24. The minimum Gasteiger partial charge on any atom is -0.106 e. The molecule has 0 unspecified atom stereocenters. The minimum atomic E-state index is 0.611. The lowest BCUT2D eigenvalue weighted by atomic mass is 9.02. The van der Waals surface area contributed by atoms with Crippen molar-refractivity contribution in [3.05, 3.63) is 16.7 Å². The fourth-order valence-electron chi connectivity index (χ4n) is 3.95. The van der Waals surface area contributed by atoms with Crippen LogP contribution in [0.15, 0.2) is 0 Å². The molecule has 1 rings (SSSR count). The van der Waals surface area contributed by atoms with Crippen LogP contribution in [0.4, 0.5) is 0 Å². The highest BCUT2D eigenvalue weighted by Crippen LogP contribution is 2.26. The van der Waals surface area contributed by atoms with Crippen molar-refractivity contribution < 1.29 is 0 Å². The van der Waals surface area contributed by atoms with Gasteiger partial charge in [0.05, 0.1) is 36.8 Å². The lowest BCUT2D eigenvalue weighted by Gasteiger charge is -2.30. The van der Waals surface area contributed by atoms with Crippen molar-refractivity contribution in [2.75, 3.05) is 0 Å². The van der Waals surface area contributed by atoms with Crippen LogP contribution in [0.25, 0.3) is 0 Å². The van der Waals surface area contributed by atoms with E-state index >= 15 is 0 Å². The third kappa shape index (κ3) is 3.12. The molecule has 0 nitrogen and oxygen atoms in total. The fraction of sp³-hybridized carbons (Fsp3) is 0.538. The molecule has 0 aliphatic rings. The van der Waals surface area contributed by atoms with Crippen molar-refractivity contribution in [1.29, 1.82) is 0 Å². The van der Waals surface area contributed by atoms with Gasteiger partial charge in [0, 0.05) is 0 Å². The summed E-state index contributed by atoms with van der Waals surface area (Å²) >= 11 is 0. The van der Waals surface area contributed by atoms with Crippen molar-refractivity contribution >= 4 is 68.2 Å². The first-order valence-corrected chi connectivity index (χ1v) is 8.43. The zero-order chi connectivity index (χ0) is 15.6. The van der Waals surface area contributed by atoms with Gasteiger partial charge in [-0.25, -0.2) is 0 Å². The summed E-state index contributed by atoms with van der Waals surface area (Å²) in [7, 11) is 11.7. The largest absolute Gasteiger partial charge is 0.138 e. The average molecular weight is 259 g/mol. The molecule has 0 amide bonds. The Morgan fingerprint density at radius 2 is 1.50 bits per heavy atom. The van der Waals surface area contributed by atoms with E-state index in [9.17, 15) is 0 Å². The monoisotopic (exact) mass is 260 g/mol. The molecule has 0 bridgehead atoms. The van der Waals surface area contributed by atoms with E-state index in [0.717, 1.165) is 7.17 Å². The van der Waals surface area contributed by atoms with E-state index in [1.54, 1.807) is 33.1 Å². The maximum absolute atomic E-state index is 2.39. The molecule has 0 heterocycles. The predicted molar refractivity (Wildman–Crippen MR) is 112 cm³/mol. The summed E-state index contributed by atoms with van der Waals surface area (Å²) in [4.78, 5) is 0. The van der Waals surface area contributed by atoms with Crippen LogP contribution >= 0.6 is 0 Å². The van der Waals surface area contributed by atoms with Gasteiger partial charge in [-0.3, -0.25) is 0 Å². The van der Waals surface area contributed by atoms with Crippen LogP contribution in [0, 0.1) is 6.92 Å². The van der Waals surface area contributed by atoms with E-state index in [4.69, 9.17) is 0 Å². The molecular formula is C13H27B7. The summed E-state index contributed by atoms with van der Waals surface area (Å²) < 4.78 is 0. The molecule has 0 aliphatic heterocycles. The Balaban J connectivity index is 3.80. The van der Waals surface area contributed by atoms with Gasteiger partial charge in [-0.1, -0.05) is 38.7 Å². The summed E-state index contributed by atoms with van der Waals surface area (Å²) in [5.41, 5.74) is 9.62. The fourth-order valence-corrected chi connectivity index (χ4v) is 3.95. The molecule has 0 atom stereocenters. The molecule has 0 aliphatic carbocycles. The zero-order valence-electron chi connectivity index (χ0n) is 15.1. The van der Waals surface area contributed by atoms with Gasteiger partial charge in [0.2, 0.25) is 0 Å². The van der Waals surface area contributed by atoms with E-state index in [-0.39, 0.29) is 0 Å². The summed E-state index contributed by atoms with van der Waals surface area (Å²) in [6.07, 6.45) is 0. The van der Waals surface area contributed by atoms with Crippen LogP contribution in [0.3, 0.4) is 0 Å². The van der Waals surface area contributed by atoms with Crippen LogP contribution in [0.5, 0.6) is 0 Å². The molecule has 20 heavy (non-hydrogen) atoms. The number of hydrogen-bond acceptors (Lipinski definition) is 0. The molecule has 7 heteroatoms. The maximum Gasteiger partial charge on any atom is 0.138 e. The standard InChI is InChI=1S/C13H27B7/c1-6(2)9-8(5)13(20(17)19-16)12(18-15)11(14)10(9)7(3)4/h6-7,18-19H,14-17H2,1-5H3.